The first-order chi connectivity index (χ1) is 12.6. The average Bonchev–Trinajstić information content (AvgIpc) is 3.11. The van der Waals surface area contributed by atoms with E-state index >= 15 is 0 Å². The van der Waals surface area contributed by atoms with Crippen molar-refractivity contribution in [1.82, 2.24) is 9.80 Å². The van der Waals surface area contributed by atoms with Crippen LogP contribution in [0.5, 0.6) is 0 Å². The molecule has 7 heteroatoms. The molecule has 6 nitrogen and oxygen atoms in total. The molecule has 2 aliphatic heterocycles. The van der Waals surface area contributed by atoms with Crippen LogP contribution < -0.4 is 0 Å². The monoisotopic (exact) mass is 380 g/mol. The van der Waals surface area contributed by atoms with E-state index in [1.54, 1.807) is 24.9 Å². The zero-order valence-electron chi connectivity index (χ0n) is 15.7. The van der Waals surface area contributed by atoms with Crippen molar-refractivity contribution in [2.24, 2.45) is 5.41 Å². The molecule has 2 fully saturated rings. The summed E-state index contributed by atoms with van der Waals surface area (Å²) in [6, 6.07) is 3.67. The number of nitrogens with zero attached hydrogens (tertiary/aromatic N) is 2. The maximum absolute atomic E-state index is 12.9. The number of thioether (sulfide) groups is 1. The predicted octanol–water partition coefficient (Wildman–Crippen LogP) is 2.63. The molecule has 144 valence electrons. The lowest BCUT2D eigenvalue weighted by molar-refractivity contribution is -0.139. The first-order valence-electron chi connectivity index (χ1n) is 9.20. The molecule has 3 rings (SSSR count). The minimum absolute atomic E-state index is 0.00422. The predicted molar refractivity (Wildman–Crippen MR) is 101 cm³/mol. The molecule has 0 radical (unpaired) electrons. The van der Waals surface area contributed by atoms with E-state index in [-0.39, 0.29) is 17.2 Å². The standard InChI is InChI=1S/C19H28N2O4S/c1-24-11-10-20-13-19(8-6-17(20)22)7-3-9-21(14-19)18(23)16-5-4-15(25-16)12-26-2/h4-5H,3,6-14H2,1-2H3/t19-/m1/s1. The number of carbonyl (C=O) groups excluding carboxylic acids is 2. The molecule has 0 aliphatic carbocycles. The van der Waals surface area contributed by atoms with Crippen LogP contribution in [0.25, 0.3) is 0 Å². The molecule has 2 aliphatic rings. The van der Waals surface area contributed by atoms with E-state index in [9.17, 15) is 9.59 Å². The maximum Gasteiger partial charge on any atom is 0.289 e. The third kappa shape index (κ3) is 4.26. The Bertz CT molecular complexity index is 647. The summed E-state index contributed by atoms with van der Waals surface area (Å²) in [5, 5.41) is 0. The highest BCUT2D eigenvalue weighted by Crippen LogP contribution is 2.39. The van der Waals surface area contributed by atoms with Gasteiger partial charge in [0.05, 0.1) is 12.4 Å². The van der Waals surface area contributed by atoms with Crippen LogP contribution in [0.4, 0.5) is 0 Å². The van der Waals surface area contributed by atoms with Gasteiger partial charge in [0.15, 0.2) is 5.76 Å². The molecule has 1 aromatic heterocycles. The number of ether oxygens (including phenoxy) is 1. The van der Waals surface area contributed by atoms with E-state index in [1.807, 2.05) is 22.1 Å². The number of methoxy groups -OCH3 is 1. The second-order valence-corrected chi connectivity index (χ2v) is 8.20. The molecule has 2 amide bonds. The largest absolute Gasteiger partial charge is 0.455 e. The van der Waals surface area contributed by atoms with Gasteiger partial charge in [-0.2, -0.15) is 11.8 Å². The minimum atomic E-state index is -0.0308. The summed E-state index contributed by atoms with van der Waals surface area (Å²) < 4.78 is 10.8. The molecule has 0 unspecified atom stereocenters. The highest BCUT2D eigenvalue weighted by Gasteiger charge is 2.43. The Morgan fingerprint density at radius 2 is 2.19 bits per heavy atom. The summed E-state index contributed by atoms with van der Waals surface area (Å²) in [5.74, 6) is 2.20. The van der Waals surface area contributed by atoms with Crippen LogP contribution in [-0.2, 0) is 15.3 Å². The van der Waals surface area contributed by atoms with Crippen LogP contribution in [-0.4, -0.2) is 67.8 Å². The van der Waals surface area contributed by atoms with Crippen molar-refractivity contribution in [3.05, 3.63) is 23.7 Å². The molecular weight excluding hydrogens is 352 g/mol. The van der Waals surface area contributed by atoms with Crippen LogP contribution >= 0.6 is 11.8 Å². The van der Waals surface area contributed by atoms with Gasteiger partial charge < -0.3 is 19.0 Å². The smallest absolute Gasteiger partial charge is 0.289 e. The fourth-order valence-corrected chi connectivity index (χ4v) is 4.53. The van der Waals surface area contributed by atoms with Crippen molar-refractivity contribution >= 4 is 23.6 Å². The lowest BCUT2D eigenvalue weighted by Gasteiger charge is -2.48. The summed E-state index contributed by atoms with van der Waals surface area (Å²) >= 11 is 1.67. The van der Waals surface area contributed by atoms with E-state index in [2.05, 4.69) is 0 Å². The lowest BCUT2D eigenvalue weighted by Crippen LogP contribution is -2.55. The molecule has 1 aromatic rings. The van der Waals surface area contributed by atoms with E-state index in [1.165, 1.54) is 0 Å². The third-order valence-electron chi connectivity index (χ3n) is 5.42. The summed E-state index contributed by atoms with van der Waals surface area (Å²) in [6.45, 7) is 3.34. The van der Waals surface area contributed by atoms with E-state index < -0.39 is 0 Å². The van der Waals surface area contributed by atoms with Crippen LogP contribution in [0.15, 0.2) is 16.5 Å². The molecule has 0 aromatic carbocycles. The first kappa shape index (κ1) is 19.3. The van der Waals surface area contributed by atoms with Crippen molar-refractivity contribution < 1.29 is 18.7 Å². The van der Waals surface area contributed by atoms with Gasteiger partial charge in [0.2, 0.25) is 5.91 Å². The second-order valence-electron chi connectivity index (χ2n) is 7.34. The Morgan fingerprint density at radius 3 is 2.96 bits per heavy atom. The molecule has 3 heterocycles. The topological polar surface area (TPSA) is 63.0 Å². The molecule has 26 heavy (non-hydrogen) atoms. The number of amides is 2. The number of hydrogen-bond donors (Lipinski definition) is 0. The van der Waals surface area contributed by atoms with Gasteiger partial charge in [-0.25, -0.2) is 0 Å². The van der Waals surface area contributed by atoms with Gasteiger partial charge in [-0.3, -0.25) is 9.59 Å². The first-order valence-corrected chi connectivity index (χ1v) is 10.6. The number of likely N-dealkylation sites (tertiary alicyclic amines) is 2. The Morgan fingerprint density at radius 1 is 1.35 bits per heavy atom. The fraction of sp³-hybridized carbons (Fsp3) is 0.684. The molecule has 0 saturated carbocycles. The molecule has 0 bridgehead atoms. The second kappa shape index (κ2) is 8.48. The van der Waals surface area contributed by atoms with Crippen LogP contribution in [0, 0.1) is 5.41 Å². The van der Waals surface area contributed by atoms with Gasteiger partial charge >= 0.3 is 0 Å². The van der Waals surface area contributed by atoms with Crippen LogP contribution in [0.2, 0.25) is 0 Å². The molecule has 2 saturated heterocycles. The summed E-state index contributed by atoms with van der Waals surface area (Å²) in [6.07, 6.45) is 5.46. The molecule has 1 spiro atoms. The summed E-state index contributed by atoms with van der Waals surface area (Å²) in [4.78, 5) is 28.9. The minimum Gasteiger partial charge on any atom is -0.455 e. The van der Waals surface area contributed by atoms with Crippen molar-refractivity contribution in [2.75, 3.05) is 46.2 Å². The number of furan rings is 1. The zero-order valence-corrected chi connectivity index (χ0v) is 16.5. The quantitative estimate of drug-likeness (QED) is 0.759. The SMILES string of the molecule is COCCN1C[C@@]2(CCCN(C(=O)c3ccc(CSC)o3)C2)CCC1=O. The Labute approximate surface area is 159 Å². The molecule has 1 atom stereocenters. The molecule has 0 N–H and O–H groups in total. The number of hydrogen-bond acceptors (Lipinski definition) is 5. The van der Waals surface area contributed by atoms with Crippen LogP contribution in [0.3, 0.4) is 0 Å². The summed E-state index contributed by atoms with van der Waals surface area (Å²) in [5.41, 5.74) is 0.00422. The van der Waals surface area contributed by atoms with Gasteiger partial charge in [-0.1, -0.05) is 0 Å². The average molecular weight is 381 g/mol. The van der Waals surface area contributed by atoms with Gasteiger partial charge in [-0.15, -0.1) is 0 Å². The fourth-order valence-electron chi connectivity index (χ4n) is 4.09. The number of piperidine rings is 2. The lowest BCUT2D eigenvalue weighted by atomic mass is 9.73. The van der Waals surface area contributed by atoms with Crippen molar-refractivity contribution in [1.29, 1.82) is 0 Å². The van der Waals surface area contributed by atoms with Crippen LogP contribution in [0.1, 0.15) is 42.0 Å². The Hall–Kier alpha value is -1.47. The Balaban J connectivity index is 1.67. The zero-order chi connectivity index (χ0) is 18.6. The van der Waals surface area contributed by atoms with Gasteiger partial charge in [0.25, 0.3) is 5.91 Å². The van der Waals surface area contributed by atoms with E-state index in [0.29, 0.717) is 31.9 Å². The normalized spacial score (nSPS) is 23.7. The van der Waals surface area contributed by atoms with Gasteiger partial charge in [0, 0.05) is 45.1 Å². The van der Waals surface area contributed by atoms with Gasteiger partial charge in [0.1, 0.15) is 5.76 Å². The Kier molecular flexibility index (Phi) is 6.29. The van der Waals surface area contributed by atoms with E-state index in [0.717, 1.165) is 43.9 Å². The van der Waals surface area contributed by atoms with Crippen molar-refractivity contribution in [3.63, 3.8) is 0 Å². The maximum atomic E-state index is 12.9. The molecular formula is C19H28N2O4S. The van der Waals surface area contributed by atoms with E-state index in [4.69, 9.17) is 9.15 Å². The number of rotatable bonds is 6. The third-order valence-corrected chi connectivity index (χ3v) is 5.99. The van der Waals surface area contributed by atoms with Crippen molar-refractivity contribution in [3.8, 4) is 0 Å². The highest BCUT2D eigenvalue weighted by molar-refractivity contribution is 7.97. The number of carbonyl (C=O) groups is 2. The van der Waals surface area contributed by atoms with Gasteiger partial charge in [-0.05, 0) is 37.7 Å². The summed E-state index contributed by atoms with van der Waals surface area (Å²) in [7, 11) is 1.65. The highest BCUT2D eigenvalue weighted by atomic mass is 32.2. The van der Waals surface area contributed by atoms with Crippen molar-refractivity contribution in [2.45, 2.75) is 31.4 Å².